The number of hydrogen-bond donors (Lipinski definition) is 0. The Balaban J connectivity index is 1.79. The molecule has 10 heteroatoms. The maximum Gasteiger partial charge on any atom is 0.379 e. The van der Waals surface area contributed by atoms with E-state index < -0.39 is 11.8 Å². The average molecular weight is 456 g/mol. The molecule has 0 heterocycles. The highest BCUT2D eigenvalue weighted by atomic mass is 16.6. The summed E-state index contributed by atoms with van der Waals surface area (Å²) in [5, 5.41) is 0. The summed E-state index contributed by atoms with van der Waals surface area (Å²) in [5.74, 6) is -1.88. The Bertz CT molecular complexity index is 635. The van der Waals surface area contributed by atoms with Gasteiger partial charge in [0.15, 0.2) is 0 Å². The zero-order valence-electron chi connectivity index (χ0n) is 18.5. The Kier molecular flexibility index (Phi) is 16.7. The van der Waals surface area contributed by atoms with E-state index in [1.165, 1.54) is 7.11 Å². The van der Waals surface area contributed by atoms with Crippen molar-refractivity contribution in [2.75, 3.05) is 79.8 Å². The molecule has 0 saturated carbocycles. The van der Waals surface area contributed by atoms with Crippen LogP contribution in [0, 0.1) is 0 Å². The van der Waals surface area contributed by atoms with Gasteiger partial charge < -0.3 is 33.2 Å². The maximum absolute atomic E-state index is 11.8. The predicted octanol–water partition coefficient (Wildman–Crippen LogP) is 1.06. The summed E-state index contributed by atoms with van der Waals surface area (Å²) >= 11 is 0. The van der Waals surface area contributed by atoms with Crippen LogP contribution in [0.5, 0.6) is 0 Å². The van der Waals surface area contributed by atoms with E-state index in [-0.39, 0.29) is 25.6 Å². The number of rotatable bonds is 20. The van der Waals surface area contributed by atoms with Gasteiger partial charge in [0, 0.05) is 5.56 Å². The van der Waals surface area contributed by atoms with Gasteiger partial charge in [-0.1, -0.05) is 30.3 Å². The predicted molar refractivity (Wildman–Crippen MR) is 112 cm³/mol. The Morgan fingerprint density at radius 1 is 0.625 bits per heavy atom. The van der Waals surface area contributed by atoms with E-state index in [0.717, 1.165) is 0 Å². The summed E-state index contributed by atoms with van der Waals surface area (Å²) in [4.78, 5) is 34.3. The third kappa shape index (κ3) is 14.6. The molecule has 0 fully saturated rings. The van der Waals surface area contributed by atoms with Crippen molar-refractivity contribution in [3.05, 3.63) is 35.9 Å². The largest absolute Gasteiger partial charge is 0.469 e. The zero-order valence-corrected chi connectivity index (χ0v) is 18.5. The first-order valence-corrected chi connectivity index (χ1v) is 10.4. The van der Waals surface area contributed by atoms with Crippen molar-refractivity contribution in [3.63, 3.8) is 0 Å². The molecule has 1 rings (SSSR count). The summed E-state index contributed by atoms with van der Waals surface area (Å²) in [6.07, 6.45) is 0.230. The van der Waals surface area contributed by atoms with E-state index in [1.807, 2.05) is 0 Å². The average Bonchev–Trinajstić information content (AvgIpc) is 2.82. The van der Waals surface area contributed by atoms with Gasteiger partial charge in [-0.25, -0.2) is 4.79 Å². The molecule has 0 amide bonds. The van der Waals surface area contributed by atoms with E-state index in [4.69, 9.17) is 28.4 Å². The number of Topliss-reactive ketones (excluding diaryl/α,β-unsaturated/α-hetero) is 1. The number of carbonyl (C=O) groups excluding carboxylic acids is 3. The van der Waals surface area contributed by atoms with Crippen LogP contribution in [0.2, 0.25) is 0 Å². The fourth-order valence-electron chi connectivity index (χ4n) is 2.21. The van der Waals surface area contributed by atoms with Crippen molar-refractivity contribution in [1.29, 1.82) is 0 Å². The van der Waals surface area contributed by atoms with Crippen molar-refractivity contribution in [2.24, 2.45) is 0 Å². The van der Waals surface area contributed by atoms with Crippen LogP contribution in [0.15, 0.2) is 30.3 Å². The first kappa shape index (κ1) is 27.7. The van der Waals surface area contributed by atoms with Gasteiger partial charge in [0.05, 0.1) is 79.6 Å². The Labute approximate surface area is 188 Å². The van der Waals surface area contributed by atoms with Crippen molar-refractivity contribution in [2.45, 2.75) is 6.42 Å². The summed E-state index contributed by atoms with van der Waals surface area (Å²) in [6.45, 7) is 3.75. The summed E-state index contributed by atoms with van der Waals surface area (Å²) in [6, 6.07) is 8.23. The molecule has 0 bridgehead atoms. The molecule has 0 unspecified atom stereocenters. The molecule has 1 aromatic rings. The van der Waals surface area contributed by atoms with E-state index >= 15 is 0 Å². The number of esters is 2. The van der Waals surface area contributed by atoms with Gasteiger partial charge in [-0.05, 0) is 0 Å². The fraction of sp³-hybridized carbons (Fsp3) is 0.591. The van der Waals surface area contributed by atoms with Crippen LogP contribution in [0.4, 0.5) is 0 Å². The molecule has 0 spiro atoms. The van der Waals surface area contributed by atoms with E-state index in [2.05, 4.69) is 4.74 Å². The molecule has 0 aromatic heterocycles. The summed E-state index contributed by atoms with van der Waals surface area (Å²) < 4.78 is 35.9. The van der Waals surface area contributed by atoms with Crippen LogP contribution >= 0.6 is 0 Å². The molecule has 0 radical (unpaired) electrons. The second-order valence-corrected chi connectivity index (χ2v) is 6.22. The molecule has 32 heavy (non-hydrogen) atoms. The second-order valence-electron chi connectivity index (χ2n) is 6.22. The highest BCUT2D eigenvalue weighted by Crippen LogP contribution is 2.01. The normalized spacial score (nSPS) is 10.7. The summed E-state index contributed by atoms with van der Waals surface area (Å²) in [7, 11) is 1.34. The SMILES string of the molecule is COC(=O)CCOCCOCCOCCOCCOCCOC(=O)C(=O)c1ccccc1. The zero-order chi connectivity index (χ0) is 23.3. The standard InChI is InChI=1S/C22H32O10/c1-26-20(23)7-8-27-9-10-28-11-12-29-13-14-30-15-16-31-17-18-32-22(25)21(24)19-5-3-2-4-6-19/h2-6H,7-18H2,1H3. The highest BCUT2D eigenvalue weighted by Gasteiger charge is 2.16. The number of ether oxygens (including phenoxy) is 7. The lowest BCUT2D eigenvalue weighted by atomic mass is 10.1. The molecular weight excluding hydrogens is 424 g/mol. The number of hydrogen-bond acceptors (Lipinski definition) is 10. The Morgan fingerprint density at radius 3 is 1.53 bits per heavy atom. The topological polar surface area (TPSA) is 116 Å². The quantitative estimate of drug-likeness (QED) is 0.122. The molecule has 0 N–H and O–H groups in total. The van der Waals surface area contributed by atoms with Crippen LogP contribution in [0.25, 0.3) is 0 Å². The third-order valence-electron chi connectivity index (χ3n) is 3.85. The van der Waals surface area contributed by atoms with Crippen molar-refractivity contribution in [1.82, 2.24) is 0 Å². The minimum Gasteiger partial charge on any atom is -0.469 e. The lowest BCUT2D eigenvalue weighted by Crippen LogP contribution is -2.20. The van der Waals surface area contributed by atoms with Crippen molar-refractivity contribution >= 4 is 17.7 Å². The molecule has 10 nitrogen and oxygen atoms in total. The molecule has 0 aliphatic carbocycles. The molecule has 180 valence electrons. The minimum absolute atomic E-state index is 0.00314. The molecule has 0 aliphatic rings. The smallest absolute Gasteiger partial charge is 0.379 e. The maximum atomic E-state index is 11.8. The van der Waals surface area contributed by atoms with Crippen LogP contribution in [0.1, 0.15) is 16.8 Å². The van der Waals surface area contributed by atoms with Gasteiger partial charge in [-0.2, -0.15) is 0 Å². The molecule has 0 atom stereocenters. The number of benzene rings is 1. The second kappa shape index (κ2) is 19.3. The molecular formula is C22H32O10. The van der Waals surface area contributed by atoms with E-state index in [0.29, 0.717) is 65.0 Å². The van der Waals surface area contributed by atoms with E-state index in [9.17, 15) is 14.4 Å². The van der Waals surface area contributed by atoms with Crippen LogP contribution in [-0.4, -0.2) is 97.5 Å². The molecule has 0 aliphatic heterocycles. The Hall–Kier alpha value is -2.37. The number of ketones is 1. The third-order valence-corrected chi connectivity index (χ3v) is 3.85. The van der Waals surface area contributed by atoms with Gasteiger partial charge in [-0.3, -0.25) is 9.59 Å². The summed E-state index contributed by atoms with van der Waals surface area (Å²) in [5.41, 5.74) is 0.294. The van der Waals surface area contributed by atoms with Crippen LogP contribution < -0.4 is 0 Å². The molecule has 1 aromatic carbocycles. The van der Waals surface area contributed by atoms with Crippen molar-refractivity contribution in [3.8, 4) is 0 Å². The van der Waals surface area contributed by atoms with Gasteiger partial charge >= 0.3 is 11.9 Å². The van der Waals surface area contributed by atoms with Crippen LogP contribution in [0.3, 0.4) is 0 Å². The van der Waals surface area contributed by atoms with Gasteiger partial charge in [-0.15, -0.1) is 0 Å². The lowest BCUT2D eigenvalue weighted by Gasteiger charge is -2.08. The van der Waals surface area contributed by atoms with E-state index in [1.54, 1.807) is 30.3 Å². The number of carbonyl (C=O) groups is 3. The first-order chi connectivity index (χ1) is 15.6. The van der Waals surface area contributed by atoms with Gasteiger partial charge in [0.2, 0.25) is 0 Å². The first-order valence-electron chi connectivity index (χ1n) is 10.4. The van der Waals surface area contributed by atoms with Crippen molar-refractivity contribution < 1.29 is 47.5 Å². The van der Waals surface area contributed by atoms with Gasteiger partial charge in [0.1, 0.15) is 6.61 Å². The van der Waals surface area contributed by atoms with Gasteiger partial charge in [0.25, 0.3) is 5.78 Å². The number of methoxy groups -OCH3 is 1. The minimum atomic E-state index is -0.900. The Morgan fingerprint density at radius 2 is 1.06 bits per heavy atom. The fourth-order valence-corrected chi connectivity index (χ4v) is 2.21. The van der Waals surface area contributed by atoms with Crippen LogP contribution in [-0.2, 0) is 42.7 Å². The highest BCUT2D eigenvalue weighted by molar-refractivity contribution is 6.40. The molecule has 0 saturated heterocycles. The monoisotopic (exact) mass is 456 g/mol. The lowest BCUT2D eigenvalue weighted by molar-refractivity contribution is -0.142.